The maximum Gasteiger partial charge on any atom is 0.251 e. The minimum absolute atomic E-state index is 0.0534. The van der Waals surface area contributed by atoms with Crippen molar-refractivity contribution in [3.05, 3.63) is 70.1 Å². The first-order valence-corrected chi connectivity index (χ1v) is 11.1. The number of aliphatic hydroxyl groups excluding tert-OH is 1. The van der Waals surface area contributed by atoms with Crippen molar-refractivity contribution in [2.24, 2.45) is 10.1 Å². The quantitative estimate of drug-likeness (QED) is 0.201. The van der Waals surface area contributed by atoms with Gasteiger partial charge in [-0.1, -0.05) is 29.4 Å². The minimum Gasteiger partial charge on any atom is -0.494 e. The number of ether oxygens (including phenoxy) is 3. The first kappa shape index (κ1) is 25.0. The van der Waals surface area contributed by atoms with E-state index in [1.807, 2.05) is 24.3 Å². The molecule has 2 aromatic carbocycles. The Hall–Kier alpha value is -3.59. The van der Waals surface area contributed by atoms with Crippen LogP contribution in [-0.4, -0.2) is 62.5 Å². The molecule has 0 saturated carbocycles. The van der Waals surface area contributed by atoms with Gasteiger partial charge in [0.15, 0.2) is 5.54 Å². The molecule has 0 fully saturated rings. The molecule has 2 aromatic rings. The molecule has 1 atom stereocenters. The number of nitrogens with one attached hydrogen (secondary N) is 1. The fourth-order valence-electron chi connectivity index (χ4n) is 3.53. The van der Waals surface area contributed by atoms with Crippen LogP contribution in [0.25, 0.3) is 10.4 Å². The molecule has 0 aromatic heterocycles. The van der Waals surface area contributed by atoms with E-state index in [1.54, 1.807) is 31.4 Å². The summed E-state index contributed by atoms with van der Waals surface area (Å²) in [5.74, 6) is 0.759. The summed E-state index contributed by atoms with van der Waals surface area (Å²) in [5, 5.41) is 15.6. The average molecular weight is 468 g/mol. The second kappa shape index (κ2) is 12.6. The van der Waals surface area contributed by atoms with E-state index in [9.17, 15) is 4.79 Å². The van der Waals surface area contributed by atoms with Crippen molar-refractivity contribution in [1.82, 2.24) is 5.32 Å². The maximum atomic E-state index is 13.3. The van der Waals surface area contributed by atoms with Crippen LogP contribution in [0.15, 0.2) is 58.6 Å². The number of benzene rings is 2. The molecule has 0 unspecified atom stereocenters. The molecule has 0 aliphatic carbocycles. The van der Waals surface area contributed by atoms with Gasteiger partial charge in [0, 0.05) is 55.9 Å². The van der Waals surface area contributed by atoms with Crippen LogP contribution in [0.5, 0.6) is 5.75 Å². The van der Waals surface area contributed by atoms with Crippen LogP contribution in [0.3, 0.4) is 0 Å². The number of nitrogens with zero attached hydrogens (tertiary/aromatic N) is 4. The van der Waals surface area contributed by atoms with Gasteiger partial charge in [-0.2, -0.15) is 0 Å². The standard InChI is InChI=1S/C24H29N5O5/c1-32-14-4-12-26-23(31)24(16-19-6-2-3-7-21(19)28-29-25)17-34-22(27-24)18-8-10-20(11-9-18)33-15-5-13-30/h2-3,6-11,30H,4-5,12-17H2,1H3,(H,26,31)/t24-/m1/s1. The number of hydrogen-bond acceptors (Lipinski definition) is 7. The smallest absolute Gasteiger partial charge is 0.251 e. The number of methoxy groups -OCH3 is 1. The van der Waals surface area contributed by atoms with Gasteiger partial charge in [0.05, 0.1) is 6.61 Å². The Bertz CT molecular complexity index is 1040. The van der Waals surface area contributed by atoms with Crippen LogP contribution in [0, 0.1) is 0 Å². The van der Waals surface area contributed by atoms with Gasteiger partial charge in [0.2, 0.25) is 5.90 Å². The average Bonchev–Trinajstić information content (AvgIpc) is 3.29. The molecule has 1 aliphatic rings. The zero-order chi connectivity index (χ0) is 24.2. The van der Waals surface area contributed by atoms with Gasteiger partial charge in [0.25, 0.3) is 5.91 Å². The largest absolute Gasteiger partial charge is 0.494 e. The lowest BCUT2D eigenvalue weighted by molar-refractivity contribution is -0.126. The van der Waals surface area contributed by atoms with Gasteiger partial charge in [-0.15, -0.1) is 0 Å². The Morgan fingerprint density at radius 1 is 1.24 bits per heavy atom. The minimum atomic E-state index is -1.21. The monoisotopic (exact) mass is 467 g/mol. The van der Waals surface area contributed by atoms with Crippen molar-refractivity contribution in [3.63, 3.8) is 0 Å². The predicted octanol–water partition coefficient (Wildman–Crippen LogP) is 3.30. The number of carbonyl (C=O) groups excluding carboxylic acids is 1. The molecule has 3 rings (SSSR count). The number of carbonyl (C=O) groups is 1. The summed E-state index contributed by atoms with van der Waals surface area (Å²) in [5.41, 5.74) is 9.58. The van der Waals surface area contributed by atoms with E-state index in [4.69, 9.17) is 29.8 Å². The molecular weight excluding hydrogens is 438 g/mol. The number of rotatable bonds is 13. The van der Waals surface area contributed by atoms with E-state index in [0.29, 0.717) is 61.1 Å². The van der Waals surface area contributed by atoms with Crippen LogP contribution in [0.2, 0.25) is 0 Å². The lowest BCUT2D eigenvalue weighted by Gasteiger charge is -2.24. The molecule has 180 valence electrons. The summed E-state index contributed by atoms with van der Waals surface area (Å²) in [6, 6.07) is 14.3. The molecule has 1 aliphatic heterocycles. The normalized spacial score (nSPS) is 16.8. The highest BCUT2D eigenvalue weighted by molar-refractivity contribution is 6.00. The fraction of sp³-hybridized carbons (Fsp3) is 0.417. The van der Waals surface area contributed by atoms with Crippen LogP contribution >= 0.6 is 0 Å². The summed E-state index contributed by atoms with van der Waals surface area (Å²) >= 11 is 0. The Morgan fingerprint density at radius 2 is 2.03 bits per heavy atom. The summed E-state index contributed by atoms with van der Waals surface area (Å²) in [6.07, 6.45) is 1.43. The molecule has 34 heavy (non-hydrogen) atoms. The van der Waals surface area contributed by atoms with Gasteiger partial charge in [-0.3, -0.25) is 4.79 Å². The second-order valence-corrected chi connectivity index (χ2v) is 7.78. The zero-order valence-electron chi connectivity index (χ0n) is 19.1. The van der Waals surface area contributed by atoms with Crippen LogP contribution in [-0.2, 0) is 20.7 Å². The third-order valence-electron chi connectivity index (χ3n) is 5.30. The Kier molecular flexibility index (Phi) is 9.28. The molecular formula is C24H29N5O5. The molecule has 0 bridgehead atoms. The highest BCUT2D eigenvalue weighted by atomic mass is 16.5. The summed E-state index contributed by atoms with van der Waals surface area (Å²) in [7, 11) is 1.61. The van der Waals surface area contributed by atoms with Crippen LogP contribution in [0.4, 0.5) is 5.69 Å². The number of hydrogen-bond donors (Lipinski definition) is 2. The van der Waals surface area contributed by atoms with E-state index in [1.165, 1.54) is 0 Å². The molecule has 1 heterocycles. The van der Waals surface area contributed by atoms with Crippen molar-refractivity contribution in [2.45, 2.75) is 24.8 Å². The highest BCUT2D eigenvalue weighted by Gasteiger charge is 2.44. The lowest BCUT2D eigenvalue weighted by Crippen LogP contribution is -2.48. The SMILES string of the molecule is COCCCNC(=O)[C@@]1(Cc2ccccc2N=[N+]=[N-])COC(c2ccc(OCCCO)cc2)=N1. The summed E-state index contributed by atoms with van der Waals surface area (Å²) in [4.78, 5) is 20.9. The van der Waals surface area contributed by atoms with E-state index >= 15 is 0 Å². The maximum absolute atomic E-state index is 13.3. The lowest BCUT2D eigenvalue weighted by atomic mass is 9.90. The molecule has 10 nitrogen and oxygen atoms in total. The van der Waals surface area contributed by atoms with Crippen molar-refractivity contribution in [3.8, 4) is 5.75 Å². The second-order valence-electron chi connectivity index (χ2n) is 7.78. The van der Waals surface area contributed by atoms with E-state index in [-0.39, 0.29) is 25.5 Å². The van der Waals surface area contributed by atoms with E-state index in [0.717, 1.165) is 0 Å². The van der Waals surface area contributed by atoms with Crippen molar-refractivity contribution >= 4 is 17.5 Å². The molecule has 0 spiro atoms. The Morgan fingerprint density at radius 3 is 2.76 bits per heavy atom. The predicted molar refractivity (Wildman–Crippen MR) is 127 cm³/mol. The topological polar surface area (TPSA) is 138 Å². The van der Waals surface area contributed by atoms with Crippen LogP contribution in [0.1, 0.15) is 24.0 Å². The van der Waals surface area contributed by atoms with Gasteiger partial charge in [0.1, 0.15) is 12.4 Å². The van der Waals surface area contributed by atoms with Gasteiger partial charge < -0.3 is 24.6 Å². The van der Waals surface area contributed by atoms with Crippen molar-refractivity contribution in [1.29, 1.82) is 0 Å². The Labute approximate surface area is 198 Å². The van der Waals surface area contributed by atoms with Gasteiger partial charge >= 0.3 is 0 Å². The van der Waals surface area contributed by atoms with Crippen LogP contribution < -0.4 is 10.1 Å². The molecule has 10 heteroatoms. The van der Waals surface area contributed by atoms with Gasteiger partial charge in [-0.05, 0) is 41.8 Å². The first-order valence-electron chi connectivity index (χ1n) is 11.1. The molecule has 1 amide bonds. The van der Waals surface area contributed by atoms with E-state index < -0.39 is 5.54 Å². The highest BCUT2D eigenvalue weighted by Crippen LogP contribution is 2.31. The summed E-state index contributed by atoms with van der Waals surface area (Å²) in [6.45, 7) is 1.52. The third kappa shape index (κ3) is 6.48. The Balaban J connectivity index is 1.85. The number of aliphatic imine (C=N–C) groups is 1. The third-order valence-corrected chi connectivity index (χ3v) is 5.30. The first-order chi connectivity index (χ1) is 16.6. The zero-order valence-corrected chi connectivity index (χ0v) is 19.1. The van der Waals surface area contributed by atoms with Crippen molar-refractivity contribution in [2.75, 3.05) is 40.1 Å². The number of amides is 1. The van der Waals surface area contributed by atoms with Crippen molar-refractivity contribution < 1.29 is 24.1 Å². The van der Waals surface area contributed by atoms with E-state index in [2.05, 4.69) is 15.3 Å². The molecule has 2 N–H and O–H groups in total. The molecule has 0 saturated heterocycles. The molecule has 0 radical (unpaired) electrons. The fourth-order valence-corrected chi connectivity index (χ4v) is 3.53. The van der Waals surface area contributed by atoms with Gasteiger partial charge in [-0.25, -0.2) is 4.99 Å². The number of azide groups is 1. The number of aliphatic hydroxyl groups is 1. The summed E-state index contributed by atoms with van der Waals surface area (Å²) < 4.78 is 16.5.